The molecule has 0 aliphatic rings. The molecule has 29 heavy (non-hydrogen) atoms. The average molecular weight is 385 g/mol. The van der Waals surface area contributed by atoms with Gasteiger partial charge in [0.1, 0.15) is 0 Å². The van der Waals surface area contributed by atoms with Crippen LogP contribution in [0.15, 0.2) is 72.8 Å². The van der Waals surface area contributed by atoms with Gasteiger partial charge in [0, 0.05) is 12.0 Å². The van der Waals surface area contributed by atoms with Gasteiger partial charge in [-0.15, -0.1) is 10.2 Å². The summed E-state index contributed by atoms with van der Waals surface area (Å²) in [4.78, 5) is 13.9. The van der Waals surface area contributed by atoms with Crippen molar-refractivity contribution >= 4 is 16.7 Å². The Morgan fingerprint density at radius 1 is 1.00 bits per heavy atom. The minimum atomic E-state index is -0.0530. The van der Waals surface area contributed by atoms with Gasteiger partial charge in [0.2, 0.25) is 11.7 Å². The lowest BCUT2D eigenvalue weighted by Crippen LogP contribution is -2.26. The molecule has 1 heterocycles. The van der Waals surface area contributed by atoms with E-state index < -0.39 is 0 Å². The largest absolute Gasteiger partial charge is 0.350 e. The highest BCUT2D eigenvalue weighted by Crippen LogP contribution is 2.24. The van der Waals surface area contributed by atoms with Gasteiger partial charge in [-0.3, -0.25) is 4.79 Å². The summed E-state index contributed by atoms with van der Waals surface area (Å²) >= 11 is 0. The number of nitrogens with one attached hydrogen (secondary N) is 1. The van der Waals surface area contributed by atoms with E-state index in [9.17, 15) is 4.79 Å². The molecule has 0 saturated heterocycles. The van der Waals surface area contributed by atoms with E-state index in [1.165, 1.54) is 10.8 Å². The first-order chi connectivity index (χ1) is 14.2. The number of fused-ring (bicyclic) bond motifs is 1. The van der Waals surface area contributed by atoms with Crippen LogP contribution in [0.4, 0.5) is 0 Å². The monoisotopic (exact) mass is 385 g/mol. The van der Waals surface area contributed by atoms with Crippen LogP contribution in [0.3, 0.4) is 0 Å². The molecule has 0 aliphatic heterocycles. The van der Waals surface area contributed by atoms with Crippen LogP contribution in [0.5, 0.6) is 0 Å². The van der Waals surface area contributed by atoms with Crippen molar-refractivity contribution in [3.8, 4) is 11.4 Å². The summed E-state index contributed by atoms with van der Waals surface area (Å²) in [6.07, 6.45) is 1.07. The number of hydrogen-bond acceptors (Lipinski definition) is 4. The van der Waals surface area contributed by atoms with E-state index in [2.05, 4.69) is 45.0 Å². The third kappa shape index (κ3) is 4.48. The summed E-state index contributed by atoms with van der Waals surface area (Å²) in [5, 5.41) is 18.0. The molecule has 1 amide bonds. The molecule has 6 heteroatoms. The van der Waals surface area contributed by atoms with E-state index >= 15 is 0 Å². The van der Waals surface area contributed by atoms with Gasteiger partial charge in [-0.1, -0.05) is 72.8 Å². The molecule has 0 aliphatic carbocycles. The van der Waals surface area contributed by atoms with Crippen molar-refractivity contribution in [2.75, 3.05) is 0 Å². The highest BCUT2D eigenvalue weighted by atomic mass is 16.1. The first kappa shape index (κ1) is 18.8. The van der Waals surface area contributed by atoms with Crippen LogP contribution < -0.4 is 5.32 Å². The van der Waals surface area contributed by atoms with Crippen molar-refractivity contribution in [1.82, 2.24) is 25.5 Å². The normalized spacial score (nSPS) is 12.0. The molecular formula is C23H23N5O. The Kier molecular flexibility index (Phi) is 5.61. The number of hydrogen-bond donors (Lipinski definition) is 1. The molecule has 1 atom stereocenters. The molecule has 0 spiro atoms. The number of aryl methyl sites for hydroxylation is 1. The van der Waals surface area contributed by atoms with Gasteiger partial charge in [0.15, 0.2) is 0 Å². The average Bonchev–Trinajstić information content (AvgIpc) is 3.23. The maximum absolute atomic E-state index is 12.4. The summed E-state index contributed by atoms with van der Waals surface area (Å²) < 4.78 is 0. The van der Waals surface area contributed by atoms with Crippen molar-refractivity contribution in [3.63, 3.8) is 0 Å². The summed E-state index contributed by atoms with van der Waals surface area (Å²) in [7, 11) is 0. The van der Waals surface area contributed by atoms with Crippen molar-refractivity contribution in [1.29, 1.82) is 0 Å². The number of rotatable bonds is 7. The van der Waals surface area contributed by atoms with E-state index in [4.69, 9.17) is 0 Å². The lowest BCUT2D eigenvalue weighted by atomic mass is 9.99. The van der Waals surface area contributed by atoms with Crippen LogP contribution in [0.25, 0.3) is 22.2 Å². The zero-order chi connectivity index (χ0) is 20.1. The quantitative estimate of drug-likeness (QED) is 0.519. The molecule has 1 unspecified atom stereocenters. The lowest BCUT2D eigenvalue weighted by Gasteiger charge is -2.16. The number of carbonyl (C=O) groups is 1. The first-order valence-electron chi connectivity index (χ1n) is 9.81. The van der Waals surface area contributed by atoms with Crippen molar-refractivity contribution in [2.45, 2.75) is 32.4 Å². The SMILES string of the molecule is CC(NC(=O)CCCn1nnc(-c2ccccc2)n1)c1cccc2ccccc12. The lowest BCUT2D eigenvalue weighted by molar-refractivity contribution is -0.121. The Bertz CT molecular complexity index is 1100. The Morgan fingerprint density at radius 3 is 2.62 bits per heavy atom. The molecular weight excluding hydrogens is 362 g/mol. The predicted molar refractivity (Wildman–Crippen MR) is 113 cm³/mol. The molecule has 4 rings (SSSR count). The molecule has 0 bridgehead atoms. The number of aromatic nitrogens is 4. The zero-order valence-corrected chi connectivity index (χ0v) is 16.3. The molecule has 0 fully saturated rings. The van der Waals surface area contributed by atoms with Crippen LogP contribution >= 0.6 is 0 Å². The molecule has 1 aromatic heterocycles. The second-order valence-corrected chi connectivity index (χ2v) is 7.04. The van der Waals surface area contributed by atoms with Gasteiger partial charge in [0.05, 0.1) is 12.6 Å². The van der Waals surface area contributed by atoms with E-state index in [1.807, 2.05) is 55.5 Å². The molecule has 3 aromatic carbocycles. The highest BCUT2D eigenvalue weighted by Gasteiger charge is 2.12. The number of tetrazole rings is 1. The number of amides is 1. The van der Waals surface area contributed by atoms with Gasteiger partial charge in [0.25, 0.3) is 0 Å². The fourth-order valence-corrected chi connectivity index (χ4v) is 3.44. The van der Waals surface area contributed by atoms with Crippen LogP contribution in [-0.4, -0.2) is 26.1 Å². The molecule has 4 aromatic rings. The van der Waals surface area contributed by atoms with E-state index in [-0.39, 0.29) is 11.9 Å². The third-order valence-corrected chi connectivity index (χ3v) is 4.91. The maximum atomic E-state index is 12.4. The minimum absolute atomic E-state index is 0.0221. The van der Waals surface area contributed by atoms with Crippen molar-refractivity contribution < 1.29 is 4.79 Å². The fraction of sp³-hybridized carbons (Fsp3) is 0.217. The van der Waals surface area contributed by atoms with Crippen molar-refractivity contribution in [3.05, 3.63) is 78.4 Å². The Balaban J connectivity index is 1.31. The highest BCUT2D eigenvalue weighted by molar-refractivity contribution is 5.86. The zero-order valence-electron chi connectivity index (χ0n) is 16.3. The van der Waals surface area contributed by atoms with Gasteiger partial charge in [-0.25, -0.2) is 0 Å². The molecule has 1 N–H and O–H groups in total. The predicted octanol–water partition coefficient (Wildman–Crippen LogP) is 4.15. The Labute approximate surface area is 169 Å². The topological polar surface area (TPSA) is 72.7 Å². The van der Waals surface area contributed by atoms with Crippen LogP contribution in [0.1, 0.15) is 31.4 Å². The van der Waals surface area contributed by atoms with Gasteiger partial charge >= 0.3 is 0 Å². The summed E-state index contributed by atoms with van der Waals surface area (Å²) in [6.45, 7) is 2.57. The van der Waals surface area contributed by atoms with Gasteiger partial charge in [-0.05, 0) is 34.9 Å². The smallest absolute Gasteiger partial charge is 0.220 e. The van der Waals surface area contributed by atoms with Crippen LogP contribution in [-0.2, 0) is 11.3 Å². The first-order valence-corrected chi connectivity index (χ1v) is 9.81. The van der Waals surface area contributed by atoms with Crippen LogP contribution in [0, 0.1) is 0 Å². The summed E-state index contributed by atoms with van der Waals surface area (Å²) in [5.41, 5.74) is 2.06. The van der Waals surface area contributed by atoms with Gasteiger partial charge < -0.3 is 5.32 Å². The second kappa shape index (κ2) is 8.65. The summed E-state index contributed by atoms with van der Waals surface area (Å²) in [6, 6.07) is 24.1. The second-order valence-electron chi connectivity index (χ2n) is 7.04. The Morgan fingerprint density at radius 2 is 1.76 bits per heavy atom. The van der Waals surface area contributed by atoms with E-state index in [1.54, 1.807) is 4.80 Å². The fourth-order valence-electron chi connectivity index (χ4n) is 3.44. The van der Waals surface area contributed by atoms with Gasteiger partial charge in [-0.2, -0.15) is 4.80 Å². The van der Waals surface area contributed by atoms with E-state index in [0.29, 0.717) is 25.2 Å². The van der Waals surface area contributed by atoms with E-state index in [0.717, 1.165) is 11.1 Å². The number of nitrogens with zero attached hydrogens (tertiary/aromatic N) is 4. The van der Waals surface area contributed by atoms with Crippen LogP contribution in [0.2, 0.25) is 0 Å². The third-order valence-electron chi connectivity index (χ3n) is 4.91. The summed E-state index contributed by atoms with van der Waals surface area (Å²) in [5.74, 6) is 0.619. The molecule has 146 valence electrons. The Hall–Kier alpha value is -3.54. The number of carbonyl (C=O) groups excluding carboxylic acids is 1. The number of benzene rings is 3. The minimum Gasteiger partial charge on any atom is -0.350 e. The standard InChI is InChI=1S/C23H23N5O/c1-17(20-14-7-12-18-9-5-6-13-21(18)20)24-22(29)15-8-16-28-26-23(25-27-28)19-10-3-2-4-11-19/h2-7,9-14,17H,8,15-16H2,1H3,(H,24,29). The molecule has 0 saturated carbocycles. The maximum Gasteiger partial charge on any atom is 0.220 e. The van der Waals surface area contributed by atoms with Crippen molar-refractivity contribution in [2.24, 2.45) is 0 Å². The molecule has 0 radical (unpaired) electrons. The molecule has 6 nitrogen and oxygen atoms in total.